The molecule has 0 aliphatic carbocycles. The molecule has 0 saturated carbocycles. The van der Waals surface area contributed by atoms with Crippen molar-refractivity contribution in [1.29, 1.82) is 0 Å². The molecule has 0 fully saturated rings. The molecule has 3 N–H and O–H groups in total. The predicted octanol–water partition coefficient (Wildman–Crippen LogP) is 2.99. The van der Waals surface area contributed by atoms with Crippen molar-refractivity contribution in [3.05, 3.63) is 52.8 Å². The van der Waals surface area contributed by atoms with Crippen molar-refractivity contribution in [3.8, 4) is 0 Å². The van der Waals surface area contributed by atoms with Gasteiger partial charge in [-0.05, 0) is 30.3 Å². The van der Waals surface area contributed by atoms with Gasteiger partial charge in [-0.2, -0.15) is 0 Å². The normalized spacial score (nSPS) is 11.0. The minimum Gasteiger partial charge on any atom is -0.408 e. The Balaban J connectivity index is 2.02. The van der Waals surface area contributed by atoms with E-state index in [-0.39, 0.29) is 5.82 Å². The van der Waals surface area contributed by atoms with E-state index in [9.17, 15) is 9.18 Å². The van der Waals surface area contributed by atoms with Gasteiger partial charge >= 0.3 is 5.76 Å². The van der Waals surface area contributed by atoms with Crippen molar-refractivity contribution < 1.29 is 8.81 Å². The van der Waals surface area contributed by atoms with Gasteiger partial charge in [0, 0.05) is 21.5 Å². The Labute approximate surface area is 111 Å². The summed E-state index contributed by atoms with van der Waals surface area (Å²) in [6.07, 6.45) is 0. The summed E-state index contributed by atoms with van der Waals surface area (Å²) in [6, 6.07) is 9.44. The van der Waals surface area contributed by atoms with Crippen LogP contribution in [0.5, 0.6) is 0 Å². The summed E-state index contributed by atoms with van der Waals surface area (Å²) in [5, 5.41) is 0. The van der Waals surface area contributed by atoms with Gasteiger partial charge in [0.25, 0.3) is 0 Å². The summed E-state index contributed by atoms with van der Waals surface area (Å²) in [6.45, 7) is 0. The third-order valence-electron chi connectivity index (χ3n) is 2.59. The fraction of sp³-hybridized carbons (Fsp3) is 0. The Morgan fingerprint density at radius 2 is 1.95 bits per heavy atom. The second-order valence-electron chi connectivity index (χ2n) is 3.96. The molecule has 6 heteroatoms. The fourth-order valence-corrected chi connectivity index (χ4v) is 2.59. The van der Waals surface area contributed by atoms with E-state index in [2.05, 4.69) is 4.98 Å². The third kappa shape index (κ3) is 2.34. The number of H-pyrrole nitrogens is 1. The molecule has 0 atom stereocenters. The van der Waals surface area contributed by atoms with Gasteiger partial charge < -0.3 is 10.2 Å². The van der Waals surface area contributed by atoms with E-state index in [1.807, 2.05) is 0 Å². The molecule has 1 heterocycles. The summed E-state index contributed by atoms with van der Waals surface area (Å²) in [5.41, 5.74) is 7.42. The van der Waals surface area contributed by atoms with Crippen LogP contribution in [0.3, 0.4) is 0 Å². The molecule has 96 valence electrons. The largest absolute Gasteiger partial charge is 0.417 e. The number of oxazole rings is 1. The van der Waals surface area contributed by atoms with Gasteiger partial charge in [0.15, 0.2) is 5.58 Å². The van der Waals surface area contributed by atoms with E-state index in [1.165, 1.54) is 23.9 Å². The first-order chi connectivity index (χ1) is 9.11. The lowest BCUT2D eigenvalue weighted by Crippen LogP contribution is -1.93. The Hall–Kier alpha value is -2.21. The SMILES string of the molecule is Nc1cc2oc(=O)[nH]c2cc1Sc1ccc(F)cc1. The van der Waals surface area contributed by atoms with Crippen LogP contribution in [0, 0.1) is 5.82 Å². The molecule has 0 saturated heterocycles. The highest BCUT2D eigenvalue weighted by atomic mass is 32.2. The third-order valence-corrected chi connectivity index (χ3v) is 3.67. The lowest BCUT2D eigenvalue weighted by molar-refractivity contribution is 0.555. The Bertz CT molecular complexity index is 793. The molecule has 0 aliphatic rings. The van der Waals surface area contributed by atoms with E-state index in [4.69, 9.17) is 10.2 Å². The maximum atomic E-state index is 12.8. The number of nitrogens with one attached hydrogen (secondary N) is 1. The van der Waals surface area contributed by atoms with E-state index in [0.717, 1.165) is 9.79 Å². The minimum absolute atomic E-state index is 0.285. The van der Waals surface area contributed by atoms with Crippen LogP contribution in [0.2, 0.25) is 0 Å². The number of hydrogen-bond donors (Lipinski definition) is 2. The Morgan fingerprint density at radius 1 is 1.21 bits per heavy atom. The quantitative estimate of drug-likeness (QED) is 0.706. The van der Waals surface area contributed by atoms with Gasteiger partial charge in [0.1, 0.15) is 5.82 Å². The molecule has 0 spiro atoms. The number of nitrogens with two attached hydrogens (primary N) is 1. The predicted molar refractivity (Wildman–Crippen MR) is 71.8 cm³/mol. The van der Waals surface area contributed by atoms with Crippen LogP contribution in [0.4, 0.5) is 10.1 Å². The van der Waals surface area contributed by atoms with Crippen molar-refractivity contribution >= 4 is 28.5 Å². The number of halogens is 1. The van der Waals surface area contributed by atoms with Crippen molar-refractivity contribution in [1.82, 2.24) is 4.98 Å². The molecule has 0 amide bonds. The molecule has 4 nitrogen and oxygen atoms in total. The van der Waals surface area contributed by atoms with Crippen LogP contribution < -0.4 is 11.5 Å². The van der Waals surface area contributed by atoms with Gasteiger partial charge in [0.2, 0.25) is 0 Å². The molecule has 0 bridgehead atoms. The number of aromatic nitrogens is 1. The van der Waals surface area contributed by atoms with Crippen LogP contribution in [-0.2, 0) is 0 Å². The van der Waals surface area contributed by atoms with E-state index < -0.39 is 5.76 Å². The molecule has 19 heavy (non-hydrogen) atoms. The maximum Gasteiger partial charge on any atom is 0.417 e. The summed E-state index contributed by atoms with van der Waals surface area (Å²) >= 11 is 1.39. The number of benzene rings is 2. The standard InChI is InChI=1S/C13H9FN2O2S/c14-7-1-3-8(4-2-7)19-12-6-10-11(5-9(12)15)18-13(17)16-10/h1-6H,15H2,(H,16,17). The number of rotatable bonds is 2. The Kier molecular flexibility index (Phi) is 2.79. The molecule has 3 aromatic rings. The number of hydrogen-bond acceptors (Lipinski definition) is 4. The topological polar surface area (TPSA) is 72.0 Å². The monoisotopic (exact) mass is 276 g/mol. The van der Waals surface area contributed by atoms with Gasteiger partial charge in [-0.25, -0.2) is 9.18 Å². The van der Waals surface area contributed by atoms with Crippen LogP contribution in [0.1, 0.15) is 0 Å². The lowest BCUT2D eigenvalue weighted by Gasteiger charge is -2.05. The van der Waals surface area contributed by atoms with Crippen molar-refractivity contribution in [3.63, 3.8) is 0 Å². The first-order valence-electron chi connectivity index (χ1n) is 5.47. The second-order valence-corrected chi connectivity index (χ2v) is 5.07. The lowest BCUT2D eigenvalue weighted by atomic mass is 10.3. The number of fused-ring (bicyclic) bond motifs is 1. The number of nitrogen functional groups attached to an aromatic ring is 1. The van der Waals surface area contributed by atoms with Gasteiger partial charge in [-0.3, -0.25) is 4.98 Å². The molecule has 3 rings (SSSR count). The highest BCUT2D eigenvalue weighted by molar-refractivity contribution is 7.99. The summed E-state index contributed by atoms with van der Waals surface area (Å²) in [5.74, 6) is -0.801. The Morgan fingerprint density at radius 3 is 2.68 bits per heavy atom. The van der Waals surface area contributed by atoms with Crippen LogP contribution in [0.25, 0.3) is 11.1 Å². The van der Waals surface area contributed by atoms with Gasteiger partial charge in [-0.15, -0.1) is 0 Å². The van der Waals surface area contributed by atoms with Crippen LogP contribution in [0.15, 0.2) is 55.4 Å². The summed E-state index contributed by atoms with van der Waals surface area (Å²) < 4.78 is 17.7. The molecule has 1 aromatic heterocycles. The first-order valence-corrected chi connectivity index (χ1v) is 6.29. The molecule has 0 unspecified atom stereocenters. The van der Waals surface area contributed by atoms with E-state index in [0.29, 0.717) is 16.8 Å². The zero-order valence-electron chi connectivity index (χ0n) is 9.64. The van der Waals surface area contributed by atoms with Crippen LogP contribution >= 0.6 is 11.8 Å². The van der Waals surface area contributed by atoms with Crippen molar-refractivity contribution in [2.45, 2.75) is 9.79 Å². The first kappa shape index (κ1) is 11.9. The maximum absolute atomic E-state index is 12.8. The highest BCUT2D eigenvalue weighted by Crippen LogP contribution is 2.34. The molecular formula is C13H9FN2O2S. The minimum atomic E-state index is -0.515. The highest BCUT2D eigenvalue weighted by Gasteiger charge is 2.08. The fourth-order valence-electron chi connectivity index (χ4n) is 1.71. The summed E-state index contributed by atoms with van der Waals surface area (Å²) in [4.78, 5) is 15.3. The van der Waals surface area contributed by atoms with E-state index >= 15 is 0 Å². The van der Waals surface area contributed by atoms with Gasteiger partial charge in [0.05, 0.1) is 5.52 Å². The van der Waals surface area contributed by atoms with Gasteiger partial charge in [-0.1, -0.05) is 11.8 Å². The van der Waals surface area contributed by atoms with Crippen LogP contribution in [-0.4, -0.2) is 4.98 Å². The average molecular weight is 276 g/mol. The molecule has 2 aromatic carbocycles. The number of aromatic amines is 1. The average Bonchev–Trinajstić information content (AvgIpc) is 2.72. The zero-order chi connectivity index (χ0) is 13.4. The van der Waals surface area contributed by atoms with Crippen molar-refractivity contribution in [2.24, 2.45) is 0 Å². The molecular weight excluding hydrogens is 267 g/mol. The number of anilines is 1. The van der Waals surface area contributed by atoms with E-state index in [1.54, 1.807) is 24.3 Å². The molecule has 0 radical (unpaired) electrons. The smallest absolute Gasteiger partial charge is 0.408 e. The second kappa shape index (κ2) is 4.47. The summed E-state index contributed by atoms with van der Waals surface area (Å²) in [7, 11) is 0. The van der Waals surface area contributed by atoms with Crippen molar-refractivity contribution in [2.75, 3.05) is 5.73 Å². The molecule has 0 aliphatic heterocycles. The zero-order valence-corrected chi connectivity index (χ0v) is 10.5.